The van der Waals surface area contributed by atoms with E-state index in [0.717, 1.165) is 0 Å². The third kappa shape index (κ3) is 3.61. The first-order valence-corrected chi connectivity index (χ1v) is 8.64. The summed E-state index contributed by atoms with van der Waals surface area (Å²) in [5, 5.41) is 3.96. The van der Waals surface area contributed by atoms with Gasteiger partial charge in [-0.05, 0) is 30.3 Å². The Hall–Kier alpha value is -2.29. The van der Waals surface area contributed by atoms with Crippen LogP contribution >= 0.6 is 11.6 Å². The first-order chi connectivity index (χ1) is 11.5. The molecule has 0 radical (unpaired) electrons. The Balaban J connectivity index is 1.75. The fourth-order valence-electron chi connectivity index (χ4n) is 1.95. The van der Waals surface area contributed by atoms with E-state index in [1.165, 1.54) is 30.3 Å². The van der Waals surface area contributed by atoms with Gasteiger partial charge in [0.15, 0.2) is 0 Å². The molecule has 0 aliphatic rings. The molecule has 0 amide bonds. The zero-order chi connectivity index (χ0) is 17.2. The lowest BCUT2D eigenvalue weighted by Crippen LogP contribution is -2.23. The van der Waals surface area contributed by atoms with E-state index in [2.05, 4.69) is 14.9 Å². The Morgan fingerprint density at radius 1 is 1.17 bits per heavy atom. The van der Waals surface area contributed by atoms with Crippen LogP contribution in [0, 0.1) is 5.82 Å². The predicted molar refractivity (Wildman–Crippen MR) is 85.2 cm³/mol. The van der Waals surface area contributed by atoms with Gasteiger partial charge in [0.2, 0.25) is 21.7 Å². The molecule has 0 spiro atoms. The minimum absolute atomic E-state index is 0.0128. The molecular weight excluding hydrogens is 357 g/mol. The SMILES string of the molecule is O=S(=O)(NCc1nc(-c2ccccc2F)no1)c1cccc(Cl)c1. The molecule has 2 aromatic carbocycles. The van der Waals surface area contributed by atoms with Crippen molar-refractivity contribution in [3.63, 3.8) is 0 Å². The molecule has 0 fully saturated rings. The summed E-state index contributed by atoms with van der Waals surface area (Å²) in [5.41, 5.74) is 0.171. The summed E-state index contributed by atoms with van der Waals surface area (Å²) in [5.74, 6) is -0.437. The Labute approximate surface area is 142 Å². The van der Waals surface area contributed by atoms with Crippen LogP contribution < -0.4 is 4.72 Å². The topological polar surface area (TPSA) is 85.1 Å². The lowest BCUT2D eigenvalue weighted by atomic mass is 10.2. The highest BCUT2D eigenvalue weighted by Crippen LogP contribution is 2.19. The first-order valence-electron chi connectivity index (χ1n) is 6.78. The molecule has 0 bridgehead atoms. The van der Waals surface area contributed by atoms with E-state index >= 15 is 0 Å². The molecule has 1 aromatic heterocycles. The predicted octanol–water partition coefficient (Wildman–Crippen LogP) is 3.01. The molecule has 0 saturated heterocycles. The summed E-state index contributed by atoms with van der Waals surface area (Å²) in [6.45, 7) is -0.226. The minimum atomic E-state index is -3.78. The van der Waals surface area contributed by atoms with E-state index in [1.54, 1.807) is 18.2 Å². The minimum Gasteiger partial charge on any atom is -0.338 e. The molecule has 24 heavy (non-hydrogen) atoms. The first kappa shape index (κ1) is 16.6. The Kier molecular flexibility index (Phi) is 4.61. The van der Waals surface area contributed by atoms with Crippen molar-refractivity contribution >= 4 is 21.6 Å². The van der Waals surface area contributed by atoms with Gasteiger partial charge in [0.1, 0.15) is 5.82 Å². The molecule has 0 aliphatic carbocycles. The highest BCUT2D eigenvalue weighted by molar-refractivity contribution is 7.89. The molecule has 6 nitrogen and oxygen atoms in total. The summed E-state index contributed by atoms with van der Waals surface area (Å²) in [6, 6.07) is 11.8. The number of nitrogens with zero attached hydrogens (tertiary/aromatic N) is 2. The second-order valence-electron chi connectivity index (χ2n) is 4.77. The van der Waals surface area contributed by atoms with E-state index in [9.17, 15) is 12.8 Å². The molecule has 0 unspecified atom stereocenters. The van der Waals surface area contributed by atoms with Crippen LogP contribution in [0.3, 0.4) is 0 Å². The molecule has 124 valence electrons. The van der Waals surface area contributed by atoms with Crippen molar-refractivity contribution < 1.29 is 17.3 Å². The zero-order valence-corrected chi connectivity index (χ0v) is 13.7. The van der Waals surface area contributed by atoms with Crippen LogP contribution in [-0.4, -0.2) is 18.6 Å². The van der Waals surface area contributed by atoms with Gasteiger partial charge < -0.3 is 4.52 Å². The van der Waals surface area contributed by atoms with E-state index < -0.39 is 15.8 Å². The van der Waals surface area contributed by atoms with Gasteiger partial charge in [-0.25, -0.2) is 17.5 Å². The van der Waals surface area contributed by atoms with Gasteiger partial charge >= 0.3 is 0 Å². The van der Waals surface area contributed by atoms with Gasteiger partial charge in [-0.1, -0.05) is 35.0 Å². The average molecular weight is 368 g/mol. The third-order valence-corrected chi connectivity index (χ3v) is 4.74. The van der Waals surface area contributed by atoms with Crippen LogP contribution in [0.25, 0.3) is 11.4 Å². The van der Waals surface area contributed by atoms with E-state index in [-0.39, 0.29) is 28.7 Å². The number of halogens is 2. The quantitative estimate of drug-likeness (QED) is 0.749. The van der Waals surface area contributed by atoms with Crippen molar-refractivity contribution in [2.45, 2.75) is 11.4 Å². The molecule has 3 aromatic rings. The number of sulfonamides is 1. The van der Waals surface area contributed by atoms with E-state index in [4.69, 9.17) is 16.1 Å². The van der Waals surface area contributed by atoms with Crippen molar-refractivity contribution in [2.75, 3.05) is 0 Å². The van der Waals surface area contributed by atoms with Crippen molar-refractivity contribution in [1.82, 2.24) is 14.9 Å². The second-order valence-corrected chi connectivity index (χ2v) is 6.98. The van der Waals surface area contributed by atoms with Gasteiger partial charge in [0.05, 0.1) is 17.0 Å². The molecular formula is C15H11ClFN3O3S. The van der Waals surface area contributed by atoms with Crippen LogP contribution in [0.2, 0.25) is 5.02 Å². The van der Waals surface area contributed by atoms with Crippen LogP contribution in [0.15, 0.2) is 57.9 Å². The Morgan fingerprint density at radius 2 is 1.96 bits per heavy atom. The molecule has 1 N–H and O–H groups in total. The highest BCUT2D eigenvalue weighted by atomic mass is 35.5. The van der Waals surface area contributed by atoms with Crippen molar-refractivity contribution in [2.24, 2.45) is 0 Å². The third-order valence-electron chi connectivity index (χ3n) is 3.10. The summed E-state index contributed by atoms with van der Waals surface area (Å²) in [7, 11) is -3.78. The highest BCUT2D eigenvalue weighted by Gasteiger charge is 2.17. The van der Waals surface area contributed by atoms with Gasteiger partial charge in [-0.15, -0.1) is 0 Å². The summed E-state index contributed by atoms with van der Waals surface area (Å²) < 4.78 is 45.3. The van der Waals surface area contributed by atoms with Crippen molar-refractivity contribution in [3.05, 3.63) is 65.3 Å². The van der Waals surface area contributed by atoms with Gasteiger partial charge in [0.25, 0.3) is 0 Å². The van der Waals surface area contributed by atoms with Gasteiger partial charge in [-0.2, -0.15) is 4.98 Å². The number of hydrogen-bond donors (Lipinski definition) is 1. The Bertz CT molecular complexity index is 975. The number of rotatable bonds is 5. The summed E-state index contributed by atoms with van der Waals surface area (Å²) in [4.78, 5) is 4.00. The van der Waals surface area contributed by atoms with Gasteiger partial charge in [-0.3, -0.25) is 0 Å². The van der Waals surface area contributed by atoms with Crippen LogP contribution in [0.4, 0.5) is 4.39 Å². The number of benzene rings is 2. The molecule has 0 atom stereocenters. The van der Waals surface area contributed by atoms with Gasteiger partial charge in [0, 0.05) is 5.02 Å². The smallest absolute Gasteiger partial charge is 0.242 e. The maximum atomic E-state index is 13.7. The molecule has 9 heteroatoms. The van der Waals surface area contributed by atoms with E-state index in [0.29, 0.717) is 5.02 Å². The molecule has 0 aliphatic heterocycles. The van der Waals surface area contributed by atoms with Crippen molar-refractivity contribution in [3.8, 4) is 11.4 Å². The lowest BCUT2D eigenvalue weighted by molar-refractivity contribution is 0.375. The summed E-state index contributed by atoms with van der Waals surface area (Å²) in [6.07, 6.45) is 0. The number of hydrogen-bond acceptors (Lipinski definition) is 5. The van der Waals surface area contributed by atoms with Crippen LogP contribution in [0.1, 0.15) is 5.89 Å². The maximum absolute atomic E-state index is 13.7. The normalized spacial score (nSPS) is 11.6. The van der Waals surface area contributed by atoms with Crippen LogP contribution in [0.5, 0.6) is 0 Å². The lowest BCUT2D eigenvalue weighted by Gasteiger charge is -2.04. The average Bonchev–Trinajstić information content (AvgIpc) is 3.02. The maximum Gasteiger partial charge on any atom is 0.242 e. The zero-order valence-electron chi connectivity index (χ0n) is 12.1. The largest absolute Gasteiger partial charge is 0.338 e. The molecule has 0 saturated carbocycles. The summed E-state index contributed by atoms with van der Waals surface area (Å²) >= 11 is 5.79. The standard InChI is InChI=1S/C15H11ClFN3O3S/c16-10-4-3-5-11(8-10)24(21,22)18-9-14-19-15(20-23-14)12-6-1-2-7-13(12)17/h1-8,18H,9H2. The molecule has 1 heterocycles. The second kappa shape index (κ2) is 6.68. The molecule has 3 rings (SSSR count). The van der Waals surface area contributed by atoms with Crippen molar-refractivity contribution in [1.29, 1.82) is 0 Å². The Morgan fingerprint density at radius 3 is 2.71 bits per heavy atom. The fourth-order valence-corrected chi connectivity index (χ4v) is 3.23. The van der Waals surface area contributed by atoms with E-state index in [1.807, 2.05) is 0 Å². The number of aromatic nitrogens is 2. The number of nitrogens with one attached hydrogen (secondary N) is 1. The monoisotopic (exact) mass is 367 g/mol. The van der Waals surface area contributed by atoms with Crippen LogP contribution in [-0.2, 0) is 16.6 Å². The fraction of sp³-hybridized carbons (Fsp3) is 0.0667.